The van der Waals surface area contributed by atoms with E-state index in [1.807, 2.05) is 60.7 Å². The van der Waals surface area contributed by atoms with Crippen LogP contribution in [-0.2, 0) is 27.2 Å². The number of rotatable bonds is 9. The average molecular weight is 474 g/mol. The van der Waals surface area contributed by atoms with Crippen LogP contribution in [0.5, 0.6) is 0 Å². The maximum atomic E-state index is 12.7. The summed E-state index contributed by atoms with van der Waals surface area (Å²) < 4.78 is 5.99. The summed E-state index contributed by atoms with van der Waals surface area (Å²) in [5.74, 6) is -0.300. The Hall–Kier alpha value is -2.87. The van der Waals surface area contributed by atoms with Gasteiger partial charge >= 0.3 is 6.09 Å². The van der Waals surface area contributed by atoms with Gasteiger partial charge in [-0.1, -0.05) is 65.8 Å². The lowest BCUT2D eigenvalue weighted by Gasteiger charge is -2.19. The Labute approximate surface area is 183 Å². The molecule has 1 heterocycles. The molecule has 1 aliphatic heterocycles. The second kappa shape index (κ2) is 11.3. The van der Waals surface area contributed by atoms with Crippen LogP contribution in [0, 0.1) is 0 Å². The summed E-state index contributed by atoms with van der Waals surface area (Å²) in [6.45, 7) is 0.532. The molecule has 30 heavy (non-hydrogen) atoms. The predicted molar refractivity (Wildman–Crippen MR) is 117 cm³/mol. The van der Waals surface area contributed by atoms with Crippen molar-refractivity contribution in [2.75, 3.05) is 13.2 Å². The number of ether oxygens (including phenoxy) is 1. The third kappa shape index (κ3) is 7.18. The van der Waals surface area contributed by atoms with Crippen LogP contribution in [0.15, 0.2) is 65.8 Å². The van der Waals surface area contributed by atoms with Crippen molar-refractivity contribution in [3.8, 4) is 0 Å². The van der Waals surface area contributed by atoms with Crippen LogP contribution in [0.2, 0.25) is 0 Å². The average Bonchev–Trinajstić information content (AvgIpc) is 3.18. The third-order valence-electron chi connectivity index (χ3n) is 4.56. The van der Waals surface area contributed by atoms with E-state index in [1.54, 1.807) is 0 Å². The molecular weight excluding hydrogens is 450 g/mol. The maximum absolute atomic E-state index is 12.7. The van der Waals surface area contributed by atoms with E-state index in [1.165, 1.54) is 0 Å². The molecule has 1 aliphatic rings. The van der Waals surface area contributed by atoms with Crippen molar-refractivity contribution in [2.45, 2.75) is 31.4 Å². The molecule has 2 amide bonds. The van der Waals surface area contributed by atoms with Gasteiger partial charge in [-0.3, -0.25) is 4.79 Å². The molecule has 0 spiro atoms. The Kier molecular flexibility index (Phi) is 8.26. The van der Waals surface area contributed by atoms with Crippen molar-refractivity contribution in [3.63, 3.8) is 0 Å². The Morgan fingerprint density at radius 3 is 2.40 bits per heavy atom. The molecule has 0 saturated heterocycles. The standard InChI is InChI=1S/C22H24BrN3O4/c23-20-14-18(30-26-20)15-24-21(27)19(13-17-9-5-2-6-10-17)25-22(28)29-12-11-16-7-3-1-4-8-16/h1-10,18-19H,11-15H2,(H,24,27)(H,25,28)/t18?,19-/m0/s1. The number of nitrogens with zero attached hydrogens (tertiary/aromatic N) is 1. The molecule has 8 heteroatoms. The molecule has 2 aromatic carbocycles. The van der Waals surface area contributed by atoms with E-state index < -0.39 is 12.1 Å². The zero-order chi connectivity index (χ0) is 21.2. The van der Waals surface area contributed by atoms with E-state index >= 15 is 0 Å². The van der Waals surface area contributed by atoms with E-state index in [0.29, 0.717) is 30.4 Å². The van der Waals surface area contributed by atoms with Crippen LogP contribution < -0.4 is 10.6 Å². The highest BCUT2D eigenvalue weighted by Crippen LogP contribution is 2.13. The minimum Gasteiger partial charge on any atom is -0.449 e. The van der Waals surface area contributed by atoms with Crippen molar-refractivity contribution in [1.29, 1.82) is 0 Å². The SMILES string of the molecule is O=C(N[C@@H](Cc1ccccc1)C(=O)NCC1CC(Br)=NO1)OCCc1ccccc1. The monoisotopic (exact) mass is 473 g/mol. The lowest BCUT2D eigenvalue weighted by Crippen LogP contribution is -2.49. The molecule has 2 aromatic rings. The molecule has 0 bridgehead atoms. The van der Waals surface area contributed by atoms with Crippen molar-refractivity contribution >= 4 is 32.6 Å². The van der Waals surface area contributed by atoms with Crippen molar-refractivity contribution in [2.24, 2.45) is 5.16 Å². The smallest absolute Gasteiger partial charge is 0.407 e. The first-order valence-corrected chi connectivity index (χ1v) is 10.6. The lowest BCUT2D eigenvalue weighted by molar-refractivity contribution is -0.123. The molecule has 158 valence electrons. The summed E-state index contributed by atoms with van der Waals surface area (Å²) >= 11 is 3.27. The number of carbonyl (C=O) groups excluding carboxylic acids is 2. The summed E-state index contributed by atoms with van der Waals surface area (Å²) in [4.78, 5) is 30.2. The second-order valence-corrected chi connectivity index (χ2v) is 7.82. The maximum Gasteiger partial charge on any atom is 0.407 e. The highest BCUT2D eigenvalue weighted by molar-refractivity contribution is 9.18. The van der Waals surface area contributed by atoms with Crippen LogP contribution in [0.1, 0.15) is 17.5 Å². The summed E-state index contributed by atoms with van der Waals surface area (Å²) in [5, 5.41) is 9.32. The molecule has 0 fully saturated rings. The first kappa shape index (κ1) is 21.8. The van der Waals surface area contributed by atoms with Crippen LogP contribution in [-0.4, -0.2) is 41.9 Å². The summed E-state index contributed by atoms with van der Waals surface area (Å²) in [6.07, 6.45) is 0.714. The van der Waals surface area contributed by atoms with Crippen LogP contribution in [0.3, 0.4) is 0 Å². The van der Waals surface area contributed by atoms with Gasteiger partial charge in [0.15, 0.2) is 6.10 Å². The highest BCUT2D eigenvalue weighted by Gasteiger charge is 2.25. The molecule has 0 aromatic heterocycles. The molecule has 2 N–H and O–H groups in total. The van der Waals surface area contributed by atoms with Crippen molar-refractivity contribution in [1.82, 2.24) is 10.6 Å². The number of hydrogen-bond acceptors (Lipinski definition) is 5. The van der Waals surface area contributed by atoms with Gasteiger partial charge in [0.25, 0.3) is 0 Å². The fourth-order valence-electron chi connectivity index (χ4n) is 2.99. The summed E-state index contributed by atoms with van der Waals surface area (Å²) in [7, 11) is 0. The Bertz CT molecular complexity index is 861. The number of nitrogens with one attached hydrogen (secondary N) is 2. The molecular formula is C22H24BrN3O4. The lowest BCUT2D eigenvalue weighted by atomic mass is 10.1. The van der Waals surface area contributed by atoms with Crippen molar-refractivity contribution < 1.29 is 19.2 Å². The first-order chi connectivity index (χ1) is 14.6. The normalized spacial score (nSPS) is 16.2. The van der Waals surface area contributed by atoms with Gasteiger partial charge in [-0.2, -0.15) is 0 Å². The van der Waals surface area contributed by atoms with Gasteiger partial charge in [0, 0.05) is 19.3 Å². The minimum atomic E-state index is -0.762. The van der Waals surface area contributed by atoms with E-state index in [0.717, 1.165) is 11.1 Å². The number of carbonyl (C=O) groups is 2. The third-order valence-corrected chi connectivity index (χ3v) is 5.03. The Balaban J connectivity index is 1.51. The molecule has 0 aliphatic carbocycles. The van der Waals surface area contributed by atoms with Gasteiger partial charge in [0.05, 0.1) is 13.2 Å². The van der Waals surface area contributed by atoms with Gasteiger partial charge < -0.3 is 20.2 Å². The second-order valence-electron chi connectivity index (χ2n) is 6.90. The fourth-order valence-corrected chi connectivity index (χ4v) is 3.44. The van der Waals surface area contributed by atoms with Gasteiger partial charge in [-0.05, 0) is 27.1 Å². The van der Waals surface area contributed by atoms with Gasteiger partial charge in [0.2, 0.25) is 5.91 Å². The number of benzene rings is 2. The zero-order valence-corrected chi connectivity index (χ0v) is 18.0. The quantitative estimate of drug-likeness (QED) is 0.585. The number of halogens is 1. The molecule has 0 saturated carbocycles. The number of oxime groups is 1. The predicted octanol–water partition coefficient (Wildman–Crippen LogP) is 3.18. The topological polar surface area (TPSA) is 89.0 Å². The van der Waals surface area contributed by atoms with Crippen LogP contribution in [0.4, 0.5) is 4.79 Å². The molecule has 1 unspecified atom stereocenters. The zero-order valence-electron chi connectivity index (χ0n) is 16.4. The number of amides is 2. The van der Waals surface area contributed by atoms with Gasteiger partial charge in [0.1, 0.15) is 10.7 Å². The Morgan fingerprint density at radius 2 is 1.77 bits per heavy atom. The van der Waals surface area contributed by atoms with Crippen LogP contribution in [0.25, 0.3) is 0 Å². The number of hydrogen-bond donors (Lipinski definition) is 2. The molecule has 3 rings (SSSR count). The van der Waals surface area contributed by atoms with E-state index in [4.69, 9.17) is 9.57 Å². The van der Waals surface area contributed by atoms with E-state index in [9.17, 15) is 9.59 Å². The van der Waals surface area contributed by atoms with Gasteiger partial charge in [-0.25, -0.2) is 4.79 Å². The minimum absolute atomic E-state index is 0.224. The Morgan fingerprint density at radius 1 is 1.10 bits per heavy atom. The fraction of sp³-hybridized carbons (Fsp3) is 0.318. The van der Waals surface area contributed by atoms with Crippen molar-refractivity contribution in [3.05, 3.63) is 71.8 Å². The van der Waals surface area contributed by atoms with Crippen LogP contribution >= 0.6 is 15.9 Å². The van der Waals surface area contributed by atoms with E-state index in [2.05, 4.69) is 31.7 Å². The summed E-state index contributed by atoms with van der Waals surface area (Å²) in [5.41, 5.74) is 2.01. The molecule has 0 radical (unpaired) electrons. The highest BCUT2D eigenvalue weighted by atomic mass is 79.9. The van der Waals surface area contributed by atoms with E-state index in [-0.39, 0.29) is 18.6 Å². The molecule has 2 atom stereocenters. The number of alkyl carbamates (subject to hydrolysis) is 1. The molecule has 7 nitrogen and oxygen atoms in total. The van der Waals surface area contributed by atoms with Gasteiger partial charge in [-0.15, -0.1) is 0 Å². The summed E-state index contributed by atoms with van der Waals surface area (Å²) in [6, 6.07) is 18.5. The largest absolute Gasteiger partial charge is 0.449 e. The first-order valence-electron chi connectivity index (χ1n) is 9.77.